The zero-order valence-corrected chi connectivity index (χ0v) is 24.6. The maximum absolute atomic E-state index is 13.8. The first-order valence-corrected chi connectivity index (χ1v) is 14.6. The minimum Gasteiger partial charge on any atom is -0.355 e. The fourth-order valence-corrected chi connectivity index (χ4v) is 5.68. The minimum absolute atomic E-state index is 0.0374. The number of sulfonamides is 1. The van der Waals surface area contributed by atoms with Gasteiger partial charge in [0.25, 0.3) is 10.0 Å². The van der Waals surface area contributed by atoms with Crippen molar-refractivity contribution in [3.05, 3.63) is 94.0 Å². The Balaban J connectivity index is 2.12. The van der Waals surface area contributed by atoms with Crippen LogP contribution in [0.2, 0.25) is 5.02 Å². The van der Waals surface area contributed by atoms with Gasteiger partial charge in [0.2, 0.25) is 11.8 Å². The molecule has 0 spiro atoms. The van der Waals surface area contributed by atoms with E-state index < -0.39 is 56.9 Å². The summed E-state index contributed by atoms with van der Waals surface area (Å²) < 4.78 is 69.4. The number of likely N-dealkylation sites (N-methyl/N-ethyl adjacent to an activating group) is 1. The van der Waals surface area contributed by atoms with Crippen molar-refractivity contribution in [1.29, 1.82) is 0 Å². The average molecular weight is 610 g/mol. The third-order valence-corrected chi connectivity index (χ3v) is 8.54. The number of carbonyl (C=O) groups excluding carboxylic acids is 2. The lowest BCUT2D eigenvalue weighted by Gasteiger charge is -2.32. The van der Waals surface area contributed by atoms with Gasteiger partial charge in [-0.25, -0.2) is 8.42 Å². The van der Waals surface area contributed by atoms with Gasteiger partial charge in [-0.2, -0.15) is 13.2 Å². The van der Waals surface area contributed by atoms with Crippen molar-refractivity contribution >= 4 is 39.1 Å². The molecule has 0 saturated carbocycles. The number of hydrogen-bond acceptors (Lipinski definition) is 4. The lowest BCUT2D eigenvalue weighted by molar-refractivity contribution is -0.139. The van der Waals surface area contributed by atoms with Gasteiger partial charge in [-0.1, -0.05) is 59.1 Å². The first kappa shape index (κ1) is 32.0. The van der Waals surface area contributed by atoms with E-state index in [1.807, 2.05) is 19.1 Å². The Hall–Kier alpha value is -3.57. The van der Waals surface area contributed by atoms with Crippen molar-refractivity contribution in [1.82, 2.24) is 10.2 Å². The molecule has 3 rings (SSSR count). The van der Waals surface area contributed by atoms with Gasteiger partial charge < -0.3 is 10.2 Å². The third kappa shape index (κ3) is 7.80. The third-order valence-electron chi connectivity index (χ3n) is 6.42. The van der Waals surface area contributed by atoms with E-state index in [0.717, 1.165) is 23.3 Å². The molecule has 2 amide bonds. The molecule has 0 aliphatic rings. The van der Waals surface area contributed by atoms with E-state index in [2.05, 4.69) is 5.32 Å². The number of aryl methyl sites for hydroxylation is 2. The van der Waals surface area contributed by atoms with Gasteiger partial charge in [0.05, 0.1) is 21.2 Å². The Morgan fingerprint density at radius 3 is 2.05 bits per heavy atom. The molecule has 0 heterocycles. The fourth-order valence-electron chi connectivity index (χ4n) is 4.05. The predicted octanol–water partition coefficient (Wildman–Crippen LogP) is 5.72. The van der Waals surface area contributed by atoms with Crippen LogP contribution < -0.4 is 9.62 Å². The van der Waals surface area contributed by atoms with E-state index in [9.17, 15) is 31.2 Å². The van der Waals surface area contributed by atoms with E-state index >= 15 is 0 Å². The van der Waals surface area contributed by atoms with Crippen molar-refractivity contribution in [2.75, 3.05) is 17.4 Å². The molecule has 0 unspecified atom stereocenters. The fraction of sp³-hybridized carbons (Fsp3) is 0.310. The number of anilines is 1. The summed E-state index contributed by atoms with van der Waals surface area (Å²) in [6.45, 7) is 6.24. The number of alkyl halides is 3. The molecule has 7 nitrogen and oxygen atoms in total. The number of rotatable bonds is 10. The van der Waals surface area contributed by atoms with Crippen LogP contribution in [-0.4, -0.2) is 44.3 Å². The largest absolute Gasteiger partial charge is 0.417 e. The van der Waals surface area contributed by atoms with E-state index in [-0.39, 0.29) is 11.4 Å². The molecule has 220 valence electrons. The van der Waals surface area contributed by atoms with Gasteiger partial charge in [-0.15, -0.1) is 0 Å². The summed E-state index contributed by atoms with van der Waals surface area (Å²) in [4.78, 5) is 27.6. The number of hydrogen-bond donors (Lipinski definition) is 1. The van der Waals surface area contributed by atoms with Gasteiger partial charge in [0, 0.05) is 13.1 Å². The highest BCUT2D eigenvalue weighted by atomic mass is 35.5. The summed E-state index contributed by atoms with van der Waals surface area (Å²) in [5, 5.41) is 2.03. The molecule has 3 aromatic rings. The monoisotopic (exact) mass is 609 g/mol. The quantitative estimate of drug-likeness (QED) is 0.318. The number of benzene rings is 3. The molecular formula is C29H31ClF3N3O4S. The van der Waals surface area contributed by atoms with Crippen LogP contribution in [0.5, 0.6) is 0 Å². The van der Waals surface area contributed by atoms with E-state index in [4.69, 9.17) is 11.6 Å². The summed E-state index contributed by atoms with van der Waals surface area (Å²) >= 11 is 5.79. The maximum Gasteiger partial charge on any atom is 0.417 e. The van der Waals surface area contributed by atoms with Crippen LogP contribution in [0.1, 0.15) is 36.1 Å². The highest BCUT2D eigenvalue weighted by molar-refractivity contribution is 7.92. The molecule has 1 N–H and O–H groups in total. The lowest BCUT2D eigenvalue weighted by Crippen LogP contribution is -2.51. The molecular weight excluding hydrogens is 579 g/mol. The highest BCUT2D eigenvalue weighted by Gasteiger charge is 2.37. The van der Waals surface area contributed by atoms with Gasteiger partial charge in [-0.05, 0) is 63.6 Å². The summed E-state index contributed by atoms with van der Waals surface area (Å²) in [5.41, 5.74) is 0.760. The van der Waals surface area contributed by atoms with Crippen LogP contribution in [0.4, 0.5) is 18.9 Å². The van der Waals surface area contributed by atoms with Crippen molar-refractivity contribution < 1.29 is 31.2 Å². The first-order valence-electron chi connectivity index (χ1n) is 12.7. The Kier molecular flexibility index (Phi) is 10.1. The van der Waals surface area contributed by atoms with Crippen molar-refractivity contribution in [2.24, 2.45) is 0 Å². The predicted molar refractivity (Wildman–Crippen MR) is 152 cm³/mol. The summed E-state index contributed by atoms with van der Waals surface area (Å²) in [6.07, 6.45) is -4.87. The smallest absolute Gasteiger partial charge is 0.355 e. The second-order valence-corrected chi connectivity index (χ2v) is 11.8. The van der Waals surface area contributed by atoms with Gasteiger partial charge in [0.15, 0.2) is 0 Å². The van der Waals surface area contributed by atoms with E-state index in [0.29, 0.717) is 22.5 Å². The maximum atomic E-state index is 13.8. The van der Waals surface area contributed by atoms with Crippen LogP contribution in [-0.2, 0) is 32.3 Å². The summed E-state index contributed by atoms with van der Waals surface area (Å²) in [5.74, 6) is -1.25. The first-order chi connectivity index (χ1) is 19.1. The molecule has 0 bridgehead atoms. The van der Waals surface area contributed by atoms with E-state index in [1.165, 1.54) is 36.1 Å². The van der Waals surface area contributed by atoms with Crippen molar-refractivity contribution in [3.8, 4) is 0 Å². The van der Waals surface area contributed by atoms with E-state index in [1.54, 1.807) is 26.0 Å². The van der Waals surface area contributed by atoms with Crippen LogP contribution in [0.15, 0.2) is 71.6 Å². The molecule has 0 radical (unpaired) electrons. The number of nitrogens with one attached hydrogen (secondary N) is 1. The minimum atomic E-state index is -4.87. The standard InChI is InChI=1S/C29H31ClF3N3O4S/c1-5-34-28(38)21(4)35(17-22-10-6-19(2)7-11-22)27(37)18-36(41(39,40)24-13-8-20(3)9-14-24)23-12-15-26(30)25(16-23)29(31,32)33/h6-16,21H,5,17-18H2,1-4H3,(H,34,38)/t21-/m1/s1. The molecule has 0 aromatic heterocycles. The molecule has 41 heavy (non-hydrogen) atoms. The Labute approximate surface area is 243 Å². The SMILES string of the molecule is CCNC(=O)[C@@H](C)N(Cc1ccc(C)cc1)C(=O)CN(c1ccc(Cl)c(C(F)(F)F)c1)S(=O)(=O)c1ccc(C)cc1. The lowest BCUT2D eigenvalue weighted by atomic mass is 10.1. The normalized spacial score (nSPS) is 12.5. The zero-order valence-electron chi connectivity index (χ0n) is 23.0. The molecule has 0 fully saturated rings. The van der Waals surface area contributed by atoms with Crippen LogP contribution >= 0.6 is 11.6 Å². The zero-order chi connectivity index (χ0) is 30.5. The Bertz CT molecular complexity index is 1500. The Morgan fingerprint density at radius 1 is 0.951 bits per heavy atom. The highest BCUT2D eigenvalue weighted by Crippen LogP contribution is 2.38. The summed E-state index contributed by atoms with van der Waals surface area (Å²) in [7, 11) is -4.53. The van der Waals surface area contributed by atoms with Gasteiger partial charge in [0.1, 0.15) is 12.6 Å². The van der Waals surface area contributed by atoms with Crippen LogP contribution in [0.25, 0.3) is 0 Å². The van der Waals surface area contributed by atoms with Crippen molar-refractivity contribution in [3.63, 3.8) is 0 Å². The molecule has 0 aliphatic heterocycles. The average Bonchev–Trinajstić information content (AvgIpc) is 2.91. The summed E-state index contributed by atoms with van der Waals surface area (Å²) in [6, 6.07) is 14.5. The molecule has 12 heteroatoms. The number of carbonyl (C=O) groups is 2. The number of halogens is 4. The molecule has 0 saturated heterocycles. The molecule has 0 aliphatic carbocycles. The van der Waals surface area contributed by atoms with Gasteiger partial charge in [-0.3, -0.25) is 13.9 Å². The van der Waals surface area contributed by atoms with Crippen LogP contribution in [0.3, 0.4) is 0 Å². The van der Waals surface area contributed by atoms with Crippen LogP contribution in [0, 0.1) is 13.8 Å². The number of nitrogens with zero attached hydrogens (tertiary/aromatic N) is 2. The van der Waals surface area contributed by atoms with Gasteiger partial charge >= 0.3 is 6.18 Å². The molecule has 3 aromatic carbocycles. The Morgan fingerprint density at radius 2 is 1.51 bits per heavy atom. The second-order valence-electron chi connectivity index (χ2n) is 9.56. The topological polar surface area (TPSA) is 86.8 Å². The second kappa shape index (κ2) is 12.9. The molecule has 1 atom stereocenters. The number of amides is 2. The van der Waals surface area contributed by atoms with Crippen molar-refractivity contribution in [2.45, 2.75) is 51.4 Å².